The van der Waals surface area contributed by atoms with Crippen molar-refractivity contribution in [2.75, 3.05) is 13.6 Å². The van der Waals surface area contributed by atoms with Crippen molar-refractivity contribution in [2.24, 2.45) is 17.8 Å². The zero-order chi connectivity index (χ0) is 15.2. The van der Waals surface area contributed by atoms with Gasteiger partial charge in [0.2, 0.25) is 0 Å². The Kier molecular flexibility index (Phi) is 6.29. The summed E-state index contributed by atoms with van der Waals surface area (Å²) < 4.78 is 0. The molecule has 1 N–H and O–H groups in total. The van der Waals surface area contributed by atoms with E-state index < -0.39 is 0 Å². The lowest BCUT2D eigenvalue weighted by Crippen LogP contribution is -2.33. The van der Waals surface area contributed by atoms with Crippen LogP contribution in [-0.4, -0.2) is 13.6 Å². The minimum Gasteiger partial charge on any atom is -0.319 e. The van der Waals surface area contributed by atoms with Gasteiger partial charge in [-0.15, -0.1) is 0 Å². The fraction of sp³-hybridized carbons (Fsp3) is 0.700. The summed E-state index contributed by atoms with van der Waals surface area (Å²) in [6.45, 7) is 8.08. The molecule has 118 valence electrons. The topological polar surface area (TPSA) is 12.0 Å². The first kappa shape index (κ1) is 16.5. The molecule has 0 spiro atoms. The fourth-order valence-corrected chi connectivity index (χ4v) is 4.31. The van der Waals surface area contributed by atoms with Crippen LogP contribution in [0.25, 0.3) is 0 Å². The summed E-state index contributed by atoms with van der Waals surface area (Å²) in [5.41, 5.74) is 4.58. The maximum atomic E-state index is 3.43. The smallest absolute Gasteiger partial charge is 0.00208 e. The predicted molar refractivity (Wildman–Crippen MR) is 92.8 cm³/mol. The molecule has 0 amide bonds. The zero-order valence-electron chi connectivity index (χ0n) is 14.4. The van der Waals surface area contributed by atoms with Gasteiger partial charge < -0.3 is 5.32 Å². The molecule has 21 heavy (non-hydrogen) atoms. The number of hydrogen-bond acceptors (Lipinski definition) is 1. The second-order valence-electron chi connectivity index (χ2n) is 7.12. The first-order valence-corrected chi connectivity index (χ1v) is 8.85. The van der Waals surface area contributed by atoms with Gasteiger partial charge in [-0.2, -0.15) is 0 Å². The molecule has 0 aromatic heterocycles. The summed E-state index contributed by atoms with van der Waals surface area (Å²) in [6, 6.07) is 6.75. The molecule has 1 nitrogen and oxygen atoms in total. The molecule has 2 rings (SSSR count). The van der Waals surface area contributed by atoms with E-state index in [1.54, 1.807) is 5.56 Å². The summed E-state index contributed by atoms with van der Waals surface area (Å²) in [5.74, 6) is 2.70. The molecular formula is C20H33N. The Balaban J connectivity index is 2.12. The molecule has 1 saturated carbocycles. The van der Waals surface area contributed by atoms with Gasteiger partial charge in [0.05, 0.1) is 0 Å². The Hall–Kier alpha value is -0.820. The van der Waals surface area contributed by atoms with Gasteiger partial charge in [0, 0.05) is 0 Å². The molecule has 0 heterocycles. The Morgan fingerprint density at radius 2 is 1.81 bits per heavy atom. The van der Waals surface area contributed by atoms with Crippen LogP contribution >= 0.6 is 0 Å². The molecule has 1 fully saturated rings. The third-order valence-electron chi connectivity index (χ3n) is 5.52. The molecule has 0 aliphatic heterocycles. The van der Waals surface area contributed by atoms with E-state index in [4.69, 9.17) is 0 Å². The summed E-state index contributed by atoms with van der Waals surface area (Å²) in [5, 5.41) is 3.43. The van der Waals surface area contributed by atoms with Crippen molar-refractivity contribution in [3.8, 4) is 0 Å². The highest BCUT2D eigenvalue weighted by molar-refractivity contribution is 5.33. The van der Waals surface area contributed by atoms with Crippen LogP contribution in [0.2, 0.25) is 0 Å². The number of benzene rings is 1. The van der Waals surface area contributed by atoms with Gasteiger partial charge in [-0.05, 0) is 81.1 Å². The van der Waals surface area contributed by atoms with Crippen molar-refractivity contribution in [1.82, 2.24) is 5.32 Å². The maximum Gasteiger partial charge on any atom is -0.00208 e. The molecule has 0 radical (unpaired) electrons. The van der Waals surface area contributed by atoms with Gasteiger partial charge >= 0.3 is 0 Å². The Labute approximate surface area is 131 Å². The van der Waals surface area contributed by atoms with Gasteiger partial charge in [-0.25, -0.2) is 0 Å². The van der Waals surface area contributed by atoms with Gasteiger partial charge in [-0.1, -0.05) is 44.4 Å². The van der Waals surface area contributed by atoms with Crippen LogP contribution in [0.15, 0.2) is 18.2 Å². The molecule has 3 unspecified atom stereocenters. The standard InChI is InChI=1S/C20H33N/c1-5-7-17-10-11-18(14-21-4)19(12-17)13-20-15(2)8-6-9-16(20)3/h6,8-9,17-19,21H,5,7,10-14H2,1-4H3. The quantitative estimate of drug-likeness (QED) is 0.785. The highest BCUT2D eigenvalue weighted by atomic mass is 14.8. The van der Waals surface area contributed by atoms with Crippen LogP contribution in [0.3, 0.4) is 0 Å². The molecule has 0 saturated heterocycles. The highest BCUT2D eigenvalue weighted by Gasteiger charge is 2.30. The fourth-order valence-electron chi connectivity index (χ4n) is 4.31. The lowest BCUT2D eigenvalue weighted by molar-refractivity contribution is 0.169. The van der Waals surface area contributed by atoms with E-state index in [0.29, 0.717) is 0 Å². The summed E-state index contributed by atoms with van der Waals surface area (Å²) in [6.07, 6.45) is 8.36. The zero-order valence-corrected chi connectivity index (χ0v) is 14.4. The van der Waals surface area contributed by atoms with E-state index in [-0.39, 0.29) is 0 Å². The number of nitrogens with one attached hydrogen (secondary N) is 1. The molecule has 0 bridgehead atoms. The van der Waals surface area contributed by atoms with Gasteiger partial charge in [0.15, 0.2) is 0 Å². The third kappa shape index (κ3) is 4.32. The first-order valence-electron chi connectivity index (χ1n) is 8.85. The van der Waals surface area contributed by atoms with Crippen molar-refractivity contribution in [3.63, 3.8) is 0 Å². The van der Waals surface area contributed by atoms with Crippen molar-refractivity contribution in [2.45, 2.75) is 59.3 Å². The predicted octanol–water partition coefficient (Wildman–Crippen LogP) is 4.90. The Bertz CT molecular complexity index is 417. The SMILES string of the molecule is CCCC1CCC(CNC)C(Cc2c(C)cccc2C)C1. The van der Waals surface area contributed by atoms with Crippen molar-refractivity contribution in [1.29, 1.82) is 0 Å². The largest absolute Gasteiger partial charge is 0.319 e. The van der Waals surface area contributed by atoms with Crippen LogP contribution in [0, 0.1) is 31.6 Å². The lowest BCUT2D eigenvalue weighted by atomic mass is 9.70. The third-order valence-corrected chi connectivity index (χ3v) is 5.52. The van der Waals surface area contributed by atoms with Crippen molar-refractivity contribution in [3.05, 3.63) is 34.9 Å². The Morgan fingerprint density at radius 1 is 1.10 bits per heavy atom. The van der Waals surface area contributed by atoms with Crippen LogP contribution in [0.4, 0.5) is 0 Å². The molecule has 3 atom stereocenters. The minimum absolute atomic E-state index is 0.863. The average Bonchev–Trinajstić information content (AvgIpc) is 2.46. The van der Waals surface area contributed by atoms with E-state index in [1.807, 2.05) is 0 Å². The number of rotatable bonds is 6. The molecule has 1 aliphatic rings. The van der Waals surface area contributed by atoms with E-state index >= 15 is 0 Å². The summed E-state index contributed by atoms with van der Waals surface area (Å²) >= 11 is 0. The first-order chi connectivity index (χ1) is 10.2. The van der Waals surface area contributed by atoms with Crippen LogP contribution < -0.4 is 5.32 Å². The average molecular weight is 287 g/mol. The second kappa shape index (κ2) is 7.98. The normalized spacial score (nSPS) is 26.0. The van der Waals surface area contributed by atoms with Gasteiger partial charge in [0.1, 0.15) is 0 Å². The van der Waals surface area contributed by atoms with Crippen molar-refractivity contribution < 1.29 is 0 Å². The van der Waals surface area contributed by atoms with E-state index in [0.717, 1.165) is 17.8 Å². The van der Waals surface area contributed by atoms with Crippen LogP contribution in [0.5, 0.6) is 0 Å². The van der Waals surface area contributed by atoms with Gasteiger partial charge in [-0.3, -0.25) is 0 Å². The minimum atomic E-state index is 0.863. The molecule has 1 aromatic carbocycles. The van der Waals surface area contributed by atoms with E-state index in [2.05, 4.69) is 51.3 Å². The van der Waals surface area contributed by atoms with E-state index in [1.165, 1.54) is 56.2 Å². The Morgan fingerprint density at radius 3 is 2.43 bits per heavy atom. The van der Waals surface area contributed by atoms with Crippen LogP contribution in [0.1, 0.15) is 55.7 Å². The lowest BCUT2D eigenvalue weighted by Gasteiger charge is -2.37. The number of aryl methyl sites for hydroxylation is 2. The maximum absolute atomic E-state index is 3.43. The molecule has 1 heteroatoms. The van der Waals surface area contributed by atoms with Gasteiger partial charge in [0.25, 0.3) is 0 Å². The van der Waals surface area contributed by atoms with E-state index in [9.17, 15) is 0 Å². The monoisotopic (exact) mass is 287 g/mol. The molecule has 1 aromatic rings. The highest BCUT2D eigenvalue weighted by Crippen LogP contribution is 2.38. The second-order valence-corrected chi connectivity index (χ2v) is 7.12. The summed E-state index contributed by atoms with van der Waals surface area (Å²) in [7, 11) is 2.11. The summed E-state index contributed by atoms with van der Waals surface area (Å²) in [4.78, 5) is 0. The molecule has 1 aliphatic carbocycles. The molecular weight excluding hydrogens is 254 g/mol. The number of hydrogen-bond donors (Lipinski definition) is 1. The van der Waals surface area contributed by atoms with Crippen LogP contribution in [-0.2, 0) is 6.42 Å². The van der Waals surface area contributed by atoms with Crippen molar-refractivity contribution >= 4 is 0 Å².